The SMILES string of the molecule is COc1cccc(C2(O)CCN(CC(=O)c3ccc4c(c3F)CCC(=O)N4)CC2)c1. The number of aliphatic hydroxyl groups is 1. The number of benzene rings is 2. The molecule has 1 saturated heterocycles. The first-order valence-corrected chi connectivity index (χ1v) is 10.1. The predicted molar refractivity (Wildman–Crippen MR) is 110 cm³/mol. The molecule has 158 valence electrons. The zero-order valence-corrected chi connectivity index (χ0v) is 16.9. The van der Waals surface area contributed by atoms with Crippen LogP contribution >= 0.6 is 0 Å². The highest BCUT2D eigenvalue weighted by Gasteiger charge is 2.35. The summed E-state index contributed by atoms with van der Waals surface area (Å²) in [4.78, 5) is 26.2. The molecule has 2 heterocycles. The monoisotopic (exact) mass is 412 g/mol. The maximum Gasteiger partial charge on any atom is 0.224 e. The van der Waals surface area contributed by atoms with Gasteiger partial charge in [-0.2, -0.15) is 0 Å². The molecule has 0 unspecified atom stereocenters. The van der Waals surface area contributed by atoms with E-state index in [0.717, 1.165) is 5.56 Å². The molecule has 6 nitrogen and oxygen atoms in total. The number of hydrogen-bond donors (Lipinski definition) is 2. The van der Waals surface area contributed by atoms with E-state index in [0.29, 0.717) is 49.4 Å². The summed E-state index contributed by atoms with van der Waals surface area (Å²) < 4.78 is 20.1. The van der Waals surface area contributed by atoms with Crippen LogP contribution in [-0.2, 0) is 16.8 Å². The van der Waals surface area contributed by atoms with Crippen LogP contribution in [0.4, 0.5) is 10.1 Å². The first-order valence-electron chi connectivity index (χ1n) is 10.1. The summed E-state index contributed by atoms with van der Waals surface area (Å²) in [5, 5.41) is 13.7. The number of methoxy groups -OCH3 is 1. The fraction of sp³-hybridized carbons (Fsp3) is 0.391. The smallest absolute Gasteiger partial charge is 0.224 e. The first kappa shape index (κ1) is 20.5. The van der Waals surface area contributed by atoms with Crippen molar-refractivity contribution in [2.24, 2.45) is 0 Å². The number of rotatable bonds is 5. The molecule has 0 aromatic heterocycles. The number of piperidine rings is 1. The van der Waals surface area contributed by atoms with Crippen LogP contribution in [0.15, 0.2) is 36.4 Å². The Kier molecular flexibility index (Phi) is 5.58. The average molecular weight is 412 g/mol. The molecule has 0 atom stereocenters. The van der Waals surface area contributed by atoms with Crippen LogP contribution in [-0.4, -0.2) is 48.4 Å². The van der Waals surface area contributed by atoms with E-state index in [-0.39, 0.29) is 30.2 Å². The molecule has 0 bridgehead atoms. The Balaban J connectivity index is 1.42. The van der Waals surface area contributed by atoms with Crippen molar-refractivity contribution in [1.29, 1.82) is 0 Å². The van der Waals surface area contributed by atoms with Gasteiger partial charge in [0.2, 0.25) is 5.91 Å². The van der Waals surface area contributed by atoms with Gasteiger partial charge in [-0.25, -0.2) is 4.39 Å². The molecule has 0 spiro atoms. The van der Waals surface area contributed by atoms with Crippen molar-refractivity contribution in [2.75, 3.05) is 32.1 Å². The fourth-order valence-corrected chi connectivity index (χ4v) is 4.22. The van der Waals surface area contributed by atoms with Gasteiger partial charge < -0.3 is 15.2 Å². The van der Waals surface area contributed by atoms with E-state index < -0.39 is 11.4 Å². The Labute approximate surface area is 174 Å². The Bertz CT molecular complexity index is 983. The van der Waals surface area contributed by atoms with Crippen molar-refractivity contribution in [2.45, 2.75) is 31.3 Å². The molecule has 2 aliphatic rings. The normalized spacial score (nSPS) is 18.4. The molecule has 7 heteroatoms. The number of hydrogen-bond acceptors (Lipinski definition) is 5. The molecule has 2 N–H and O–H groups in total. The summed E-state index contributed by atoms with van der Waals surface area (Å²) in [5.74, 6) is -0.281. The summed E-state index contributed by atoms with van der Waals surface area (Å²) in [6, 6.07) is 10.4. The van der Waals surface area contributed by atoms with Gasteiger partial charge in [0.1, 0.15) is 11.6 Å². The molecule has 0 aliphatic carbocycles. The second-order valence-corrected chi connectivity index (χ2v) is 7.96. The number of halogens is 1. The molecular formula is C23H25FN2O4. The van der Waals surface area contributed by atoms with Crippen LogP contribution in [0.2, 0.25) is 0 Å². The summed E-state index contributed by atoms with van der Waals surface area (Å²) in [6.45, 7) is 1.15. The van der Waals surface area contributed by atoms with E-state index in [1.807, 2.05) is 29.2 Å². The van der Waals surface area contributed by atoms with Gasteiger partial charge in [-0.15, -0.1) is 0 Å². The molecule has 2 aromatic carbocycles. The highest BCUT2D eigenvalue weighted by molar-refractivity contribution is 6.00. The number of Topliss-reactive ketones (excluding diaryl/α,β-unsaturated/α-hetero) is 1. The standard InChI is InChI=1S/C23H25FN2O4/c1-30-16-4-2-3-15(13-16)23(29)9-11-26(12-10-23)14-20(27)18-5-7-19-17(22(18)24)6-8-21(28)25-19/h2-5,7,13,29H,6,8-12,14H2,1H3,(H,25,28). The lowest BCUT2D eigenvalue weighted by atomic mass is 9.84. The third-order valence-electron chi connectivity index (χ3n) is 6.08. The minimum absolute atomic E-state index is 0.0542. The quantitative estimate of drug-likeness (QED) is 0.739. The molecule has 1 fully saturated rings. The van der Waals surface area contributed by atoms with Gasteiger partial charge in [-0.05, 0) is 49.1 Å². The van der Waals surface area contributed by atoms with Gasteiger partial charge in [0.15, 0.2) is 5.78 Å². The molecule has 4 rings (SSSR count). The number of ketones is 1. The predicted octanol–water partition coefficient (Wildman–Crippen LogP) is 2.89. The largest absolute Gasteiger partial charge is 0.497 e. The topological polar surface area (TPSA) is 78.9 Å². The van der Waals surface area contributed by atoms with Crippen molar-refractivity contribution in [3.63, 3.8) is 0 Å². The van der Waals surface area contributed by atoms with Gasteiger partial charge >= 0.3 is 0 Å². The highest BCUT2D eigenvalue weighted by atomic mass is 19.1. The molecular weight excluding hydrogens is 387 g/mol. The number of amides is 1. The molecule has 1 amide bonds. The van der Waals surface area contributed by atoms with E-state index in [1.54, 1.807) is 13.2 Å². The van der Waals surface area contributed by atoms with Gasteiger partial charge in [-0.1, -0.05) is 12.1 Å². The molecule has 0 radical (unpaired) electrons. The van der Waals surface area contributed by atoms with Gasteiger partial charge in [0.05, 0.1) is 24.8 Å². The van der Waals surface area contributed by atoms with Crippen molar-refractivity contribution in [3.8, 4) is 5.75 Å². The summed E-state index contributed by atoms with van der Waals surface area (Å²) in [5.41, 5.74) is 0.728. The maximum absolute atomic E-state index is 14.9. The van der Waals surface area contributed by atoms with Crippen molar-refractivity contribution in [3.05, 3.63) is 58.9 Å². The number of carbonyl (C=O) groups excluding carboxylic acids is 2. The number of carbonyl (C=O) groups is 2. The molecule has 0 saturated carbocycles. The van der Waals surface area contributed by atoms with Crippen molar-refractivity contribution < 1.29 is 23.8 Å². The lowest BCUT2D eigenvalue weighted by Crippen LogP contribution is -2.44. The highest BCUT2D eigenvalue weighted by Crippen LogP contribution is 2.34. The van der Waals surface area contributed by atoms with E-state index in [4.69, 9.17) is 4.74 Å². The number of likely N-dealkylation sites (tertiary alicyclic amines) is 1. The van der Waals surface area contributed by atoms with E-state index in [9.17, 15) is 19.1 Å². The lowest BCUT2D eigenvalue weighted by Gasteiger charge is -2.38. The Morgan fingerprint density at radius 1 is 1.23 bits per heavy atom. The third kappa shape index (κ3) is 3.95. The molecule has 2 aromatic rings. The fourth-order valence-electron chi connectivity index (χ4n) is 4.22. The summed E-state index contributed by atoms with van der Waals surface area (Å²) in [6.07, 6.45) is 1.47. The van der Waals surface area contributed by atoms with E-state index >= 15 is 0 Å². The lowest BCUT2D eigenvalue weighted by molar-refractivity contribution is -0.116. The van der Waals surface area contributed by atoms with E-state index in [2.05, 4.69) is 5.32 Å². The number of nitrogens with zero attached hydrogens (tertiary/aromatic N) is 1. The van der Waals surface area contributed by atoms with Crippen molar-refractivity contribution in [1.82, 2.24) is 4.90 Å². The van der Waals surface area contributed by atoms with Gasteiger partial charge in [0.25, 0.3) is 0 Å². The minimum atomic E-state index is -0.969. The number of nitrogens with one attached hydrogen (secondary N) is 1. The number of ether oxygens (including phenoxy) is 1. The number of fused-ring (bicyclic) bond motifs is 1. The first-order chi connectivity index (χ1) is 14.4. The molecule has 2 aliphatic heterocycles. The maximum atomic E-state index is 14.9. The summed E-state index contributed by atoms with van der Waals surface area (Å²) in [7, 11) is 1.59. The van der Waals surface area contributed by atoms with Crippen LogP contribution in [0, 0.1) is 5.82 Å². The third-order valence-corrected chi connectivity index (χ3v) is 6.08. The van der Waals surface area contributed by atoms with Gasteiger partial charge in [0, 0.05) is 30.8 Å². The minimum Gasteiger partial charge on any atom is -0.497 e. The summed E-state index contributed by atoms with van der Waals surface area (Å²) >= 11 is 0. The zero-order chi connectivity index (χ0) is 21.3. The van der Waals surface area contributed by atoms with E-state index in [1.165, 1.54) is 6.07 Å². The van der Waals surface area contributed by atoms with Crippen LogP contribution in [0.25, 0.3) is 0 Å². The number of anilines is 1. The van der Waals surface area contributed by atoms with Crippen LogP contribution in [0.1, 0.15) is 40.7 Å². The average Bonchev–Trinajstić information content (AvgIpc) is 2.75. The van der Waals surface area contributed by atoms with Crippen LogP contribution in [0.5, 0.6) is 5.75 Å². The van der Waals surface area contributed by atoms with Crippen LogP contribution < -0.4 is 10.1 Å². The zero-order valence-electron chi connectivity index (χ0n) is 16.9. The Morgan fingerprint density at radius 2 is 2.00 bits per heavy atom. The van der Waals surface area contributed by atoms with Crippen molar-refractivity contribution >= 4 is 17.4 Å². The Morgan fingerprint density at radius 3 is 2.73 bits per heavy atom. The second-order valence-electron chi connectivity index (χ2n) is 7.96. The second kappa shape index (κ2) is 8.16. The molecule has 30 heavy (non-hydrogen) atoms. The Hall–Kier alpha value is -2.77. The van der Waals surface area contributed by atoms with Gasteiger partial charge in [-0.3, -0.25) is 14.5 Å². The van der Waals surface area contributed by atoms with Crippen LogP contribution in [0.3, 0.4) is 0 Å².